The molecule has 39 heavy (non-hydrogen) atoms. The third-order valence-corrected chi connectivity index (χ3v) is 6.07. The van der Waals surface area contributed by atoms with Crippen molar-refractivity contribution in [3.63, 3.8) is 0 Å². The Bertz CT molecular complexity index is 1690. The number of H-pyrrole nitrogens is 1. The van der Waals surface area contributed by atoms with Crippen molar-refractivity contribution in [3.8, 4) is 28.4 Å². The summed E-state index contributed by atoms with van der Waals surface area (Å²) in [5.41, 5.74) is 9.07. The maximum atomic E-state index is 13.9. The summed E-state index contributed by atoms with van der Waals surface area (Å²) in [5.74, 6) is -1.95. The summed E-state index contributed by atoms with van der Waals surface area (Å²) < 4.78 is 33.2. The Morgan fingerprint density at radius 1 is 1.03 bits per heavy atom. The van der Waals surface area contributed by atoms with Gasteiger partial charge < -0.3 is 25.9 Å². The Balaban J connectivity index is 1.53. The van der Waals surface area contributed by atoms with E-state index in [1.165, 1.54) is 30.5 Å². The summed E-state index contributed by atoms with van der Waals surface area (Å²) in [5, 5.41) is 12.2. The van der Waals surface area contributed by atoms with Crippen molar-refractivity contribution in [1.29, 1.82) is 0 Å². The van der Waals surface area contributed by atoms with Gasteiger partial charge in [-0.25, -0.2) is 28.5 Å². The van der Waals surface area contributed by atoms with E-state index in [4.69, 9.17) is 27.1 Å². The van der Waals surface area contributed by atoms with E-state index in [-0.39, 0.29) is 11.6 Å². The first-order valence-electron chi connectivity index (χ1n) is 11.7. The van der Waals surface area contributed by atoms with Crippen LogP contribution in [0.1, 0.15) is 16.2 Å². The summed E-state index contributed by atoms with van der Waals surface area (Å²) in [6.45, 7) is 0.787. The highest BCUT2D eigenvalue weighted by molar-refractivity contribution is 6.31. The molecule has 0 unspecified atom stereocenters. The smallest absolute Gasteiger partial charge is 0.338 e. The molecule has 0 spiro atoms. The molecule has 0 fully saturated rings. The van der Waals surface area contributed by atoms with Crippen LogP contribution >= 0.6 is 11.6 Å². The zero-order valence-electron chi connectivity index (χ0n) is 20.2. The summed E-state index contributed by atoms with van der Waals surface area (Å²) in [6, 6.07) is 13.5. The van der Waals surface area contributed by atoms with Crippen LogP contribution in [0.15, 0.2) is 60.8 Å². The van der Waals surface area contributed by atoms with Crippen molar-refractivity contribution < 1.29 is 23.4 Å². The van der Waals surface area contributed by atoms with Crippen molar-refractivity contribution in [2.75, 3.05) is 18.5 Å². The Morgan fingerprint density at radius 3 is 2.59 bits per heavy atom. The fraction of sp³-hybridized carbons (Fsp3) is 0.111. The number of aromatic nitrogens is 4. The van der Waals surface area contributed by atoms with Crippen molar-refractivity contribution >= 4 is 34.3 Å². The van der Waals surface area contributed by atoms with Crippen LogP contribution in [-0.4, -0.2) is 44.2 Å². The van der Waals surface area contributed by atoms with Crippen LogP contribution in [0.2, 0.25) is 5.02 Å². The lowest BCUT2D eigenvalue weighted by molar-refractivity contribution is 0.0692. The minimum atomic E-state index is -1.37. The zero-order chi connectivity index (χ0) is 27.5. The average Bonchev–Trinajstić information content (AvgIpc) is 3.36. The van der Waals surface area contributed by atoms with Crippen molar-refractivity contribution in [2.45, 2.75) is 6.54 Å². The van der Waals surface area contributed by atoms with Crippen molar-refractivity contribution in [1.82, 2.24) is 19.9 Å². The van der Waals surface area contributed by atoms with Gasteiger partial charge in [-0.05, 0) is 48.5 Å². The number of ether oxygens (including phenoxy) is 1. The summed E-state index contributed by atoms with van der Waals surface area (Å²) in [4.78, 5) is 28.1. The number of anilines is 1. The number of carbonyl (C=O) groups is 1. The van der Waals surface area contributed by atoms with Gasteiger partial charge in [-0.3, -0.25) is 0 Å². The van der Waals surface area contributed by atoms with Gasteiger partial charge in [0.25, 0.3) is 0 Å². The lowest BCUT2D eigenvalue weighted by Gasteiger charge is -2.07. The molecule has 0 aliphatic rings. The van der Waals surface area contributed by atoms with Gasteiger partial charge in [0.15, 0.2) is 0 Å². The van der Waals surface area contributed by atoms with Crippen LogP contribution in [0.4, 0.5) is 14.5 Å². The van der Waals surface area contributed by atoms with E-state index in [9.17, 15) is 18.7 Å². The molecule has 2 aromatic heterocycles. The predicted molar refractivity (Wildman–Crippen MR) is 143 cm³/mol. The molecule has 0 aliphatic heterocycles. The van der Waals surface area contributed by atoms with Gasteiger partial charge in [0.05, 0.1) is 45.7 Å². The minimum absolute atomic E-state index is 0.0558. The number of halogens is 3. The first-order valence-corrected chi connectivity index (χ1v) is 12.1. The summed E-state index contributed by atoms with van der Waals surface area (Å²) in [7, 11) is 0. The van der Waals surface area contributed by atoms with E-state index in [2.05, 4.69) is 20.3 Å². The average molecular weight is 551 g/mol. The molecule has 12 heteroatoms. The lowest BCUT2D eigenvalue weighted by atomic mass is 10.0. The number of carboxylic acid groups (broad SMARTS) is 1. The Labute approximate surface area is 225 Å². The summed E-state index contributed by atoms with van der Waals surface area (Å²) in [6.07, 6.45) is 1.52. The molecule has 0 aliphatic carbocycles. The molecule has 5 aromatic rings. The SMILES string of the molecule is NCCOc1cnc2ccc(-c3[nH]c(CNc4ccc(F)c(C(=O)O)c4)nc3-c3ccc(F)c(Cl)c3)cc2n1. The minimum Gasteiger partial charge on any atom is -0.478 e. The van der Waals surface area contributed by atoms with Gasteiger partial charge in [-0.2, -0.15) is 0 Å². The second-order valence-electron chi connectivity index (χ2n) is 8.44. The molecule has 2 heterocycles. The van der Waals surface area contributed by atoms with E-state index in [0.29, 0.717) is 58.5 Å². The topological polar surface area (TPSA) is 139 Å². The fourth-order valence-corrected chi connectivity index (χ4v) is 4.12. The number of hydrogen-bond acceptors (Lipinski definition) is 7. The van der Waals surface area contributed by atoms with Crippen LogP contribution in [0.25, 0.3) is 33.5 Å². The van der Waals surface area contributed by atoms with Gasteiger partial charge in [-0.15, -0.1) is 0 Å². The molecule has 0 atom stereocenters. The van der Waals surface area contributed by atoms with E-state index >= 15 is 0 Å². The highest BCUT2D eigenvalue weighted by Crippen LogP contribution is 2.33. The van der Waals surface area contributed by atoms with Gasteiger partial charge in [0.2, 0.25) is 5.88 Å². The van der Waals surface area contributed by atoms with E-state index < -0.39 is 23.2 Å². The van der Waals surface area contributed by atoms with Crippen LogP contribution in [-0.2, 0) is 6.54 Å². The fourth-order valence-electron chi connectivity index (χ4n) is 3.94. The van der Waals surface area contributed by atoms with Crippen molar-refractivity contribution in [2.24, 2.45) is 5.73 Å². The molecule has 5 rings (SSSR count). The molecule has 0 radical (unpaired) electrons. The molecule has 0 amide bonds. The maximum Gasteiger partial charge on any atom is 0.338 e. The molecule has 0 saturated heterocycles. The first-order chi connectivity index (χ1) is 18.8. The number of benzene rings is 3. The van der Waals surface area contributed by atoms with Gasteiger partial charge in [0.1, 0.15) is 24.1 Å². The maximum absolute atomic E-state index is 13.9. The van der Waals surface area contributed by atoms with Crippen LogP contribution in [0.5, 0.6) is 5.88 Å². The van der Waals surface area contributed by atoms with Gasteiger partial charge in [-0.1, -0.05) is 17.7 Å². The van der Waals surface area contributed by atoms with E-state index in [1.807, 2.05) is 12.1 Å². The molecular formula is C27H21ClF2N6O3. The number of imidazole rings is 1. The first kappa shape index (κ1) is 26.0. The second-order valence-corrected chi connectivity index (χ2v) is 8.85. The largest absolute Gasteiger partial charge is 0.478 e. The quantitative estimate of drug-likeness (QED) is 0.195. The molecule has 0 bridgehead atoms. The molecule has 198 valence electrons. The Kier molecular flexibility index (Phi) is 7.35. The van der Waals surface area contributed by atoms with Crippen LogP contribution in [0.3, 0.4) is 0 Å². The standard InChI is InChI=1S/C27H21ClF2N6O3/c28-18-9-14(1-4-20(18)30)25-26(15-2-6-21-22(10-15)34-24(13-33-21)39-8-7-31)36-23(35-25)12-32-16-3-5-19(29)17(11-16)27(37)38/h1-6,9-11,13,32H,7-8,12,31H2,(H,35,36)(H,37,38). The Hall–Kier alpha value is -4.61. The predicted octanol–water partition coefficient (Wildman–Crippen LogP) is 5.27. The third kappa shape index (κ3) is 5.64. The van der Waals surface area contributed by atoms with Crippen molar-refractivity contribution in [3.05, 3.63) is 88.8 Å². The summed E-state index contributed by atoms with van der Waals surface area (Å²) >= 11 is 6.06. The van der Waals surface area contributed by atoms with Crippen LogP contribution < -0.4 is 15.8 Å². The zero-order valence-corrected chi connectivity index (χ0v) is 21.0. The number of rotatable bonds is 9. The monoisotopic (exact) mass is 550 g/mol. The molecule has 5 N–H and O–H groups in total. The second kappa shape index (κ2) is 11.0. The Morgan fingerprint density at radius 2 is 1.82 bits per heavy atom. The van der Waals surface area contributed by atoms with Gasteiger partial charge in [0, 0.05) is 23.4 Å². The molecule has 9 nitrogen and oxygen atoms in total. The number of nitrogens with one attached hydrogen (secondary N) is 2. The highest BCUT2D eigenvalue weighted by Gasteiger charge is 2.17. The normalized spacial score (nSPS) is 11.1. The number of fused-ring (bicyclic) bond motifs is 1. The van der Waals surface area contributed by atoms with Gasteiger partial charge >= 0.3 is 5.97 Å². The van der Waals surface area contributed by atoms with E-state index in [0.717, 1.165) is 11.6 Å². The molecule has 3 aromatic carbocycles. The number of carboxylic acids is 1. The number of hydrogen-bond donors (Lipinski definition) is 4. The number of nitrogens with two attached hydrogens (primary N) is 1. The number of aromatic carboxylic acids is 1. The number of nitrogens with zero attached hydrogens (tertiary/aromatic N) is 3. The lowest BCUT2D eigenvalue weighted by Crippen LogP contribution is -2.11. The third-order valence-electron chi connectivity index (χ3n) is 5.78. The van der Waals surface area contributed by atoms with Crippen LogP contribution in [0, 0.1) is 11.6 Å². The molecular weight excluding hydrogens is 530 g/mol. The van der Waals surface area contributed by atoms with E-state index in [1.54, 1.807) is 12.1 Å². The number of aromatic amines is 1. The highest BCUT2D eigenvalue weighted by atomic mass is 35.5. The molecule has 0 saturated carbocycles.